The minimum Gasteiger partial charge on any atom is -0.339 e. The Labute approximate surface area is 137 Å². The molecule has 1 aliphatic heterocycles. The second-order valence-electron chi connectivity index (χ2n) is 5.26. The van der Waals surface area contributed by atoms with Gasteiger partial charge >= 0.3 is 0 Å². The molecule has 3 rings (SSSR count). The van der Waals surface area contributed by atoms with E-state index >= 15 is 0 Å². The van der Waals surface area contributed by atoms with Crippen LogP contribution < -0.4 is 5.32 Å². The number of aromatic nitrogens is 2. The van der Waals surface area contributed by atoms with Crippen LogP contribution in [-0.4, -0.2) is 23.2 Å². The minimum absolute atomic E-state index is 0.631. The number of piperidine rings is 1. The maximum Gasteiger partial charge on any atom is 0.226 e. The summed E-state index contributed by atoms with van der Waals surface area (Å²) in [7, 11) is 0. The van der Waals surface area contributed by atoms with Crippen molar-refractivity contribution in [1.82, 2.24) is 15.5 Å². The SMILES string of the molecule is Brc1ccc(SCc2noc(CC3CCCNC3)n2)cc1. The Bertz CT molecular complexity index is 567. The summed E-state index contributed by atoms with van der Waals surface area (Å²) in [6.45, 7) is 2.20. The Morgan fingerprint density at radius 2 is 2.19 bits per heavy atom. The van der Waals surface area contributed by atoms with E-state index in [1.165, 1.54) is 17.7 Å². The smallest absolute Gasteiger partial charge is 0.226 e. The van der Waals surface area contributed by atoms with Crippen LogP contribution in [0.1, 0.15) is 24.6 Å². The van der Waals surface area contributed by atoms with Gasteiger partial charge < -0.3 is 9.84 Å². The van der Waals surface area contributed by atoms with Crippen molar-refractivity contribution >= 4 is 27.7 Å². The molecule has 1 fully saturated rings. The Kier molecular flexibility index (Phi) is 5.32. The van der Waals surface area contributed by atoms with Gasteiger partial charge in [-0.3, -0.25) is 0 Å². The molecule has 21 heavy (non-hydrogen) atoms. The van der Waals surface area contributed by atoms with Crippen molar-refractivity contribution in [2.75, 3.05) is 13.1 Å². The quantitative estimate of drug-likeness (QED) is 0.817. The molecule has 1 atom stereocenters. The fraction of sp³-hybridized carbons (Fsp3) is 0.467. The zero-order valence-electron chi connectivity index (χ0n) is 11.7. The van der Waals surface area contributed by atoms with E-state index in [-0.39, 0.29) is 0 Å². The molecule has 0 spiro atoms. The third-order valence-corrected chi connectivity index (χ3v) is 5.09. The highest BCUT2D eigenvalue weighted by molar-refractivity contribution is 9.10. The van der Waals surface area contributed by atoms with Crippen molar-refractivity contribution in [3.63, 3.8) is 0 Å². The van der Waals surface area contributed by atoms with Gasteiger partial charge in [0.15, 0.2) is 5.82 Å². The van der Waals surface area contributed by atoms with Gasteiger partial charge in [-0.15, -0.1) is 11.8 Å². The van der Waals surface area contributed by atoms with E-state index in [4.69, 9.17) is 4.52 Å². The molecule has 2 heterocycles. The predicted molar refractivity (Wildman–Crippen MR) is 87.3 cm³/mol. The lowest BCUT2D eigenvalue weighted by atomic mass is 9.96. The van der Waals surface area contributed by atoms with E-state index in [0.717, 1.165) is 41.5 Å². The van der Waals surface area contributed by atoms with Crippen LogP contribution in [0.15, 0.2) is 38.2 Å². The van der Waals surface area contributed by atoms with Crippen molar-refractivity contribution in [1.29, 1.82) is 0 Å². The zero-order valence-corrected chi connectivity index (χ0v) is 14.1. The number of hydrogen-bond acceptors (Lipinski definition) is 5. The van der Waals surface area contributed by atoms with Crippen molar-refractivity contribution in [2.45, 2.75) is 29.9 Å². The van der Waals surface area contributed by atoms with Crippen molar-refractivity contribution in [3.8, 4) is 0 Å². The van der Waals surface area contributed by atoms with Crippen molar-refractivity contribution in [2.24, 2.45) is 5.92 Å². The van der Waals surface area contributed by atoms with Gasteiger partial charge in [-0.1, -0.05) is 21.1 Å². The maximum atomic E-state index is 5.37. The summed E-state index contributed by atoms with van der Waals surface area (Å²) in [5, 5.41) is 7.49. The average molecular weight is 368 g/mol. The number of hydrogen-bond donors (Lipinski definition) is 1. The Morgan fingerprint density at radius 3 is 2.95 bits per heavy atom. The molecule has 0 amide bonds. The lowest BCUT2D eigenvalue weighted by molar-refractivity contribution is 0.315. The fourth-order valence-corrected chi connectivity index (χ4v) is 3.46. The molecule has 6 heteroatoms. The zero-order chi connectivity index (χ0) is 14.5. The highest BCUT2D eigenvalue weighted by Gasteiger charge is 2.17. The first-order valence-electron chi connectivity index (χ1n) is 7.20. The Hall–Kier alpha value is -0.850. The number of rotatable bonds is 5. The lowest BCUT2D eigenvalue weighted by Crippen LogP contribution is -2.30. The molecule has 0 saturated carbocycles. The first-order valence-corrected chi connectivity index (χ1v) is 8.98. The van der Waals surface area contributed by atoms with E-state index in [1.807, 2.05) is 12.1 Å². The average Bonchev–Trinajstić information content (AvgIpc) is 2.95. The van der Waals surface area contributed by atoms with Crippen LogP contribution in [0.5, 0.6) is 0 Å². The van der Waals surface area contributed by atoms with E-state index in [2.05, 4.69) is 43.5 Å². The van der Waals surface area contributed by atoms with Gasteiger partial charge in [0.25, 0.3) is 0 Å². The number of nitrogens with one attached hydrogen (secondary N) is 1. The molecule has 0 bridgehead atoms. The summed E-state index contributed by atoms with van der Waals surface area (Å²) in [5.41, 5.74) is 0. The summed E-state index contributed by atoms with van der Waals surface area (Å²) in [6.07, 6.45) is 3.38. The van der Waals surface area contributed by atoms with Crippen LogP contribution >= 0.6 is 27.7 Å². The molecular formula is C15H18BrN3OS. The van der Waals surface area contributed by atoms with Gasteiger partial charge in [0.05, 0.1) is 5.75 Å². The molecule has 0 aliphatic carbocycles. The van der Waals surface area contributed by atoms with E-state index in [0.29, 0.717) is 5.92 Å². The second-order valence-corrected chi connectivity index (χ2v) is 7.23. The van der Waals surface area contributed by atoms with Gasteiger partial charge in [0, 0.05) is 15.8 Å². The second kappa shape index (κ2) is 7.42. The van der Waals surface area contributed by atoms with Gasteiger partial charge in [-0.05, 0) is 56.1 Å². The molecule has 4 nitrogen and oxygen atoms in total. The largest absolute Gasteiger partial charge is 0.339 e. The van der Waals surface area contributed by atoms with Gasteiger partial charge in [-0.2, -0.15) is 4.98 Å². The van der Waals surface area contributed by atoms with Crippen molar-refractivity contribution in [3.05, 3.63) is 40.5 Å². The summed E-state index contributed by atoms with van der Waals surface area (Å²) in [4.78, 5) is 5.71. The van der Waals surface area contributed by atoms with Crippen molar-refractivity contribution < 1.29 is 4.52 Å². The third kappa shape index (κ3) is 4.56. The third-order valence-electron chi connectivity index (χ3n) is 3.55. The van der Waals surface area contributed by atoms with Crippen LogP contribution in [0.25, 0.3) is 0 Å². The summed E-state index contributed by atoms with van der Waals surface area (Å²) in [6, 6.07) is 8.26. The van der Waals surface area contributed by atoms with Crippen LogP contribution in [0.3, 0.4) is 0 Å². The lowest BCUT2D eigenvalue weighted by Gasteiger charge is -2.20. The molecule has 1 aromatic carbocycles. The van der Waals surface area contributed by atoms with Crippen LogP contribution in [0.4, 0.5) is 0 Å². The molecule has 1 aliphatic rings. The number of benzene rings is 1. The highest BCUT2D eigenvalue weighted by atomic mass is 79.9. The van der Waals surface area contributed by atoms with Crippen LogP contribution in [0.2, 0.25) is 0 Å². The molecule has 1 N–H and O–H groups in total. The van der Waals surface area contributed by atoms with E-state index < -0.39 is 0 Å². The molecular weight excluding hydrogens is 350 g/mol. The standard InChI is InChI=1S/C15H18BrN3OS/c16-12-3-5-13(6-4-12)21-10-14-18-15(20-19-14)8-11-2-1-7-17-9-11/h3-6,11,17H,1-2,7-10H2. The monoisotopic (exact) mass is 367 g/mol. The Morgan fingerprint density at radius 1 is 1.33 bits per heavy atom. The number of halogens is 1. The van der Waals surface area contributed by atoms with Gasteiger partial charge in [0.2, 0.25) is 5.89 Å². The summed E-state index contributed by atoms with van der Waals surface area (Å²) < 4.78 is 6.46. The Balaban J connectivity index is 1.51. The van der Waals surface area contributed by atoms with Gasteiger partial charge in [-0.25, -0.2) is 0 Å². The molecule has 0 radical (unpaired) electrons. The fourth-order valence-electron chi connectivity index (χ4n) is 2.46. The normalized spacial score (nSPS) is 18.8. The predicted octanol–water partition coefficient (Wildman–Crippen LogP) is 3.67. The van der Waals surface area contributed by atoms with E-state index in [1.54, 1.807) is 11.8 Å². The molecule has 2 aromatic rings. The maximum absolute atomic E-state index is 5.37. The minimum atomic E-state index is 0.631. The molecule has 112 valence electrons. The molecule has 1 unspecified atom stereocenters. The number of nitrogens with zero attached hydrogens (tertiary/aromatic N) is 2. The van der Waals surface area contributed by atoms with Crippen LogP contribution in [0, 0.1) is 5.92 Å². The summed E-state index contributed by atoms with van der Waals surface area (Å²) in [5.74, 6) is 2.93. The number of thioether (sulfide) groups is 1. The highest BCUT2D eigenvalue weighted by Crippen LogP contribution is 2.24. The summed E-state index contributed by atoms with van der Waals surface area (Å²) >= 11 is 5.16. The molecule has 1 saturated heterocycles. The van der Waals surface area contributed by atoms with Gasteiger partial charge in [0.1, 0.15) is 0 Å². The van der Waals surface area contributed by atoms with E-state index in [9.17, 15) is 0 Å². The first-order chi connectivity index (χ1) is 10.3. The topological polar surface area (TPSA) is 51.0 Å². The van der Waals surface area contributed by atoms with Crippen LogP contribution in [-0.2, 0) is 12.2 Å². The molecule has 1 aromatic heterocycles. The first kappa shape index (κ1) is 15.1.